The summed E-state index contributed by atoms with van der Waals surface area (Å²) in [7, 11) is -6.11. The highest BCUT2D eigenvalue weighted by Gasteiger charge is 2.50. The largest absolute Gasteiger partial charge is 0.534 e. The average Bonchev–Trinajstić information content (AvgIpc) is 3.05. The molecule has 0 unspecified atom stereocenters. The highest BCUT2D eigenvalue weighted by Crippen LogP contribution is 2.41. The molecule has 0 aliphatic rings. The number of nitrogens with zero attached hydrogens (tertiary/aromatic N) is 4. The fourth-order valence-corrected chi connectivity index (χ4v) is 6.29. The zero-order chi connectivity index (χ0) is 41.5. The Bertz CT molecular complexity index is 2110. The van der Waals surface area contributed by atoms with Crippen molar-refractivity contribution in [2.75, 3.05) is 16.0 Å². The fraction of sp³-hybridized carbons (Fsp3) is 0.405. The molecule has 0 radical (unpaired) electrons. The van der Waals surface area contributed by atoms with E-state index in [0.29, 0.717) is 18.1 Å². The Labute approximate surface area is 318 Å². The van der Waals surface area contributed by atoms with E-state index in [2.05, 4.69) is 64.7 Å². The Morgan fingerprint density at radius 1 is 0.709 bits per heavy atom. The summed E-state index contributed by atoms with van der Waals surface area (Å²) in [6.07, 6.45) is 0.846. The molecule has 4 aromatic rings. The van der Waals surface area contributed by atoms with Gasteiger partial charge < -0.3 is 20.1 Å². The van der Waals surface area contributed by atoms with E-state index in [4.69, 9.17) is 0 Å². The van der Waals surface area contributed by atoms with Gasteiger partial charge in [0.25, 0.3) is 0 Å². The van der Waals surface area contributed by atoms with Crippen LogP contribution in [0.5, 0.6) is 5.88 Å². The van der Waals surface area contributed by atoms with Crippen LogP contribution < -0.4 is 20.1 Å². The van der Waals surface area contributed by atoms with Crippen LogP contribution in [0.15, 0.2) is 60.7 Å². The first-order chi connectivity index (χ1) is 25.3. The number of nitrogens with one attached hydrogen (secondary N) is 3. The molecule has 0 aliphatic heterocycles. The maximum atomic E-state index is 12.6. The predicted octanol–water partition coefficient (Wildman–Crippen LogP) is 9.29. The van der Waals surface area contributed by atoms with Gasteiger partial charge in [-0.05, 0) is 64.5 Å². The first kappa shape index (κ1) is 43.9. The Balaban J connectivity index is 0.000000296. The number of nitro groups is 2. The topological polar surface area (TPSA) is 192 Å². The molecule has 0 atom stereocenters. The molecule has 2 heterocycles. The number of pyridine rings is 2. The molecule has 298 valence electrons. The van der Waals surface area contributed by atoms with Crippen LogP contribution >= 0.6 is 0 Å². The number of aromatic nitrogens is 2. The quantitative estimate of drug-likeness (QED) is 0.0504. The van der Waals surface area contributed by atoms with Crippen molar-refractivity contribution in [2.45, 2.75) is 92.9 Å². The summed E-state index contributed by atoms with van der Waals surface area (Å²) in [5, 5.41) is 32.8. The number of hydrogen-bond acceptors (Lipinski definition) is 12. The second kappa shape index (κ2) is 17.3. The van der Waals surface area contributed by atoms with Crippen LogP contribution in [-0.4, -0.2) is 39.3 Å². The van der Waals surface area contributed by atoms with E-state index in [1.165, 1.54) is 13.8 Å². The third-order valence-electron chi connectivity index (χ3n) is 8.18. The highest BCUT2D eigenvalue weighted by molar-refractivity contribution is 7.88. The summed E-state index contributed by atoms with van der Waals surface area (Å²) in [5.74, 6) is -0.936. The lowest BCUT2D eigenvalue weighted by Gasteiger charge is -2.34. The van der Waals surface area contributed by atoms with Crippen LogP contribution in [0.2, 0.25) is 0 Å². The van der Waals surface area contributed by atoms with Gasteiger partial charge in [-0.3, -0.25) is 20.2 Å². The number of benzene rings is 2. The van der Waals surface area contributed by atoms with Crippen molar-refractivity contribution in [3.8, 4) is 5.88 Å². The lowest BCUT2D eigenvalue weighted by atomic mass is 9.82. The molecule has 0 aliphatic carbocycles. The minimum atomic E-state index is -6.11. The minimum absolute atomic E-state index is 0.000940. The minimum Gasteiger partial charge on any atom is -0.375 e. The molecule has 0 spiro atoms. The summed E-state index contributed by atoms with van der Waals surface area (Å²) in [5.41, 5.74) is -2.94. The van der Waals surface area contributed by atoms with Crippen LogP contribution in [0, 0.1) is 53.3 Å². The van der Waals surface area contributed by atoms with E-state index in [1.807, 2.05) is 44.2 Å². The molecule has 0 bridgehead atoms. The molecule has 3 N–H and O–H groups in total. The first-order valence-corrected chi connectivity index (χ1v) is 18.4. The summed E-state index contributed by atoms with van der Waals surface area (Å²) < 4.78 is 64.2. The number of aryl methyl sites for hydroxylation is 2. The first-order valence-electron chi connectivity index (χ1n) is 17.0. The van der Waals surface area contributed by atoms with Gasteiger partial charge in [-0.25, -0.2) is 9.97 Å². The number of anilines is 3. The van der Waals surface area contributed by atoms with Crippen LogP contribution in [0.4, 0.5) is 41.7 Å². The van der Waals surface area contributed by atoms with E-state index >= 15 is 0 Å². The van der Waals surface area contributed by atoms with Gasteiger partial charge in [-0.1, -0.05) is 81.4 Å². The zero-order valence-electron chi connectivity index (χ0n) is 32.1. The lowest BCUT2D eigenvalue weighted by Crippen LogP contribution is -2.36. The van der Waals surface area contributed by atoms with Crippen molar-refractivity contribution >= 4 is 38.7 Å². The molecule has 0 amide bonds. The number of hydrogen-bond donors (Lipinski definition) is 3. The lowest BCUT2D eigenvalue weighted by molar-refractivity contribution is -0.384. The molecule has 55 heavy (non-hydrogen) atoms. The van der Waals surface area contributed by atoms with Gasteiger partial charge in [0.2, 0.25) is 5.82 Å². The number of halogens is 3. The van der Waals surface area contributed by atoms with Crippen molar-refractivity contribution in [1.29, 1.82) is 0 Å². The van der Waals surface area contributed by atoms with E-state index < -0.39 is 32.1 Å². The number of rotatable bonds is 13. The molecular formula is C37H46F3N7O7S. The SMILES string of the molecule is Cc1nc(NC(C)(C)CC(C)(C)C)c([N+](=O)[O-])c(NCc2ccccc2)c1C.Cc1nc(OS(=O)(=O)C(F)(F)F)c([N+](=O)[O-])c(NCc2ccccc2)c1C. The van der Waals surface area contributed by atoms with Crippen LogP contribution in [0.3, 0.4) is 0 Å². The van der Waals surface area contributed by atoms with Crippen molar-refractivity contribution in [2.24, 2.45) is 5.41 Å². The van der Waals surface area contributed by atoms with Gasteiger partial charge >= 0.3 is 32.9 Å². The highest BCUT2D eigenvalue weighted by atomic mass is 32.2. The Morgan fingerprint density at radius 2 is 1.13 bits per heavy atom. The molecule has 2 aromatic heterocycles. The number of alkyl halides is 3. The van der Waals surface area contributed by atoms with Crippen LogP contribution in [0.25, 0.3) is 0 Å². The van der Waals surface area contributed by atoms with Crippen LogP contribution in [0.1, 0.15) is 74.7 Å². The monoisotopic (exact) mass is 789 g/mol. The molecule has 4 rings (SSSR count). The molecule has 0 saturated heterocycles. The zero-order valence-corrected chi connectivity index (χ0v) is 32.9. The van der Waals surface area contributed by atoms with Crippen molar-refractivity contribution in [3.05, 3.63) is 115 Å². The van der Waals surface area contributed by atoms with Gasteiger partial charge in [0.05, 0.1) is 9.85 Å². The Hall–Kier alpha value is -5.52. The Morgan fingerprint density at radius 3 is 1.53 bits per heavy atom. The van der Waals surface area contributed by atoms with Gasteiger partial charge in [0.1, 0.15) is 11.4 Å². The maximum absolute atomic E-state index is 12.6. The molecule has 2 aromatic carbocycles. The van der Waals surface area contributed by atoms with E-state index in [9.17, 15) is 41.8 Å². The van der Waals surface area contributed by atoms with E-state index in [1.54, 1.807) is 30.3 Å². The van der Waals surface area contributed by atoms with Gasteiger partial charge in [-0.2, -0.15) is 21.6 Å². The molecular weight excluding hydrogens is 744 g/mol. The van der Waals surface area contributed by atoms with Crippen molar-refractivity contribution in [1.82, 2.24) is 9.97 Å². The van der Waals surface area contributed by atoms with E-state index in [-0.39, 0.29) is 45.1 Å². The van der Waals surface area contributed by atoms with Gasteiger partial charge in [-0.15, -0.1) is 0 Å². The summed E-state index contributed by atoms with van der Waals surface area (Å²) >= 11 is 0. The molecule has 0 saturated carbocycles. The summed E-state index contributed by atoms with van der Waals surface area (Å²) in [6.45, 7) is 17.8. The van der Waals surface area contributed by atoms with Crippen molar-refractivity contribution in [3.63, 3.8) is 0 Å². The normalized spacial score (nSPS) is 11.9. The van der Waals surface area contributed by atoms with Gasteiger partial charge in [0, 0.05) is 41.1 Å². The summed E-state index contributed by atoms with van der Waals surface area (Å²) in [4.78, 5) is 30.1. The van der Waals surface area contributed by atoms with Crippen molar-refractivity contribution < 1.29 is 35.6 Å². The molecule has 18 heteroatoms. The predicted molar refractivity (Wildman–Crippen MR) is 206 cm³/mol. The fourth-order valence-electron chi connectivity index (χ4n) is 5.88. The Kier molecular flexibility index (Phi) is 13.8. The third-order valence-corrected chi connectivity index (χ3v) is 9.12. The smallest absolute Gasteiger partial charge is 0.375 e. The molecule has 14 nitrogen and oxygen atoms in total. The second-order valence-electron chi connectivity index (χ2n) is 14.7. The molecule has 0 fully saturated rings. The average molecular weight is 790 g/mol. The van der Waals surface area contributed by atoms with E-state index in [0.717, 1.165) is 28.8 Å². The summed E-state index contributed by atoms with van der Waals surface area (Å²) in [6, 6.07) is 18.6. The standard InChI is InChI=1S/C22H32N4O2.C15H14F3N3O5S/c1-15-16(2)24-20(25-22(6,7)14-21(3,4)5)19(26(27)28)18(15)23-13-17-11-9-8-10-12-17;1-9-10(2)20-14(26-27(24,25)15(16,17)18)13(21(22)23)12(9)19-8-11-6-4-3-5-7-11/h8-12H,13-14H2,1-7H3,(H2,23,24,25);3-7H,8H2,1-2H3,(H,19,20). The van der Waals surface area contributed by atoms with Gasteiger partial charge in [0.15, 0.2) is 0 Å². The maximum Gasteiger partial charge on any atom is 0.534 e. The second-order valence-corrected chi connectivity index (χ2v) is 16.2. The van der Waals surface area contributed by atoms with Crippen LogP contribution in [-0.2, 0) is 23.2 Å². The third kappa shape index (κ3) is 12.0.